The maximum absolute atomic E-state index is 12.2. The van der Waals surface area contributed by atoms with Gasteiger partial charge in [0, 0.05) is 18.5 Å². The summed E-state index contributed by atoms with van der Waals surface area (Å²) >= 11 is 0. The third-order valence-electron chi connectivity index (χ3n) is 5.38. The minimum absolute atomic E-state index is 0.000949. The Morgan fingerprint density at radius 3 is 2.34 bits per heavy atom. The Hall–Kier alpha value is -4.13. The molecule has 1 N–H and O–H groups in total. The van der Waals surface area contributed by atoms with Crippen molar-refractivity contribution >= 4 is 17.9 Å². The van der Waals surface area contributed by atoms with Crippen LogP contribution in [0.1, 0.15) is 22.6 Å². The van der Waals surface area contributed by atoms with E-state index in [4.69, 9.17) is 9.47 Å². The highest BCUT2D eigenvalue weighted by atomic mass is 16.6. The number of nitro groups is 1. The van der Waals surface area contributed by atoms with Crippen LogP contribution in [0.4, 0.5) is 10.5 Å². The topological polar surface area (TPSA) is 90.7 Å². The van der Waals surface area contributed by atoms with Crippen molar-refractivity contribution in [3.63, 3.8) is 0 Å². The Morgan fingerprint density at radius 2 is 1.72 bits per heavy atom. The number of carbonyl (C=O) groups is 1. The fraction of sp³-hybridized carbons (Fsp3) is 0.160. The number of benzene rings is 3. The number of amides is 1. The second-order valence-electron chi connectivity index (χ2n) is 7.33. The molecule has 0 bridgehead atoms. The largest absolute Gasteiger partial charge is 0.496 e. The zero-order valence-corrected chi connectivity index (χ0v) is 17.5. The number of fused-ring (bicyclic) bond motifs is 3. The Labute approximate surface area is 185 Å². The number of nitro benzene ring substituents is 1. The molecule has 0 aromatic heterocycles. The van der Waals surface area contributed by atoms with Crippen molar-refractivity contribution in [3.8, 4) is 16.9 Å². The van der Waals surface area contributed by atoms with E-state index < -0.39 is 11.0 Å². The van der Waals surface area contributed by atoms with Gasteiger partial charge >= 0.3 is 6.09 Å². The van der Waals surface area contributed by atoms with E-state index in [0.717, 1.165) is 11.1 Å². The molecule has 7 nitrogen and oxygen atoms in total. The fourth-order valence-electron chi connectivity index (χ4n) is 3.91. The van der Waals surface area contributed by atoms with E-state index in [9.17, 15) is 14.9 Å². The summed E-state index contributed by atoms with van der Waals surface area (Å²) in [6.07, 6.45) is 2.85. The SMILES string of the molecule is COc1cc(C=CCNC(=O)OCC2c3ccccc3-c3ccccc32)cc([N+](=O)[O-])c1. The second kappa shape index (κ2) is 9.34. The van der Waals surface area contributed by atoms with Gasteiger partial charge in [-0.05, 0) is 33.9 Å². The van der Waals surface area contributed by atoms with Gasteiger partial charge in [-0.3, -0.25) is 10.1 Å². The number of nitrogens with zero attached hydrogens (tertiary/aromatic N) is 1. The minimum Gasteiger partial charge on any atom is -0.496 e. The van der Waals surface area contributed by atoms with Crippen LogP contribution in [0.25, 0.3) is 17.2 Å². The highest BCUT2D eigenvalue weighted by molar-refractivity contribution is 5.79. The van der Waals surface area contributed by atoms with Crippen LogP contribution >= 0.6 is 0 Å². The van der Waals surface area contributed by atoms with Crippen LogP contribution in [0.5, 0.6) is 5.75 Å². The summed E-state index contributed by atoms with van der Waals surface area (Å²) in [5.74, 6) is 0.393. The summed E-state index contributed by atoms with van der Waals surface area (Å²) in [5.41, 5.74) is 5.20. The lowest BCUT2D eigenvalue weighted by Crippen LogP contribution is -2.26. The number of hydrogen-bond acceptors (Lipinski definition) is 5. The summed E-state index contributed by atoms with van der Waals surface area (Å²) < 4.78 is 10.6. The molecule has 1 amide bonds. The molecular formula is C25H22N2O5. The fourth-order valence-corrected chi connectivity index (χ4v) is 3.91. The molecule has 1 aliphatic carbocycles. The molecule has 0 spiro atoms. The highest BCUT2D eigenvalue weighted by Gasteiger charge is 2.28. The van der Waals surface area contributed by atoms with Crippen LogP contribution in [0, 0.1) is 10.1 Å². The average molecular weight is 430 g/mol. The lowest BCUT2D eigenvalue weighted by Gasteiger charge is -2.14. The van der Waals surface area contributed by atoms with Gasteiger partial charge in [0.2, 0.25) is 0 Å². The first-order valence-corrected chi connectivity index (χ1v) is 10.2. The quantitative estimate of drug-likeness (QED) is 0.413. The number of nitrogens with one attached hydrogen (secondary N) is 1. The molecule has 0 heterocycles. The predicted octanol–water partition coefficient (Wildman–Crippen LogP) is 5.16. The number of methoxy groups -OCH3 is 1. The normalized spacial score (nSPS) is 12.3. The van der Waals surface area contributed by atoms with Crippen molar-refractivity contribution in [2.45, 2.75) is 5.92 Å². The molecule has 0 unspecified atom stereocenters. The third kappa shape index (κ3) is 4.46. The van der Waals surface area contributed by atoms with Crippen LogP contribution in [0.15, 0.2) is 72.8 Å². The Morgan fingerprint density at radius 1 is 1.06 bits per heavy atom. The van der Waals surface area contributed by atoms with Gasteiger partial charge in [-0.25, -0.2) is 4.79 Å². The number of alkyl carbamates (subject to hydrolysis) is 1. The van der Waals surface area contributed by atoms with Crippen molar-refractivity contribution in [2.24, 2.45) is 0 Å². The van der Waals surface area contributed by atoms with Crippen LogP contribution < -0.4 is 10.1 Å². The molecule has 7 heteroatoms. The van der Waals surface area contributed by atoms with Crippen molar-refractivity contribution in [3.05, 3.63) is 99.6 Å². The zero-order chi connectivity index (χ0) is 22.5. The molecular weight excluding hydrogens is 408 g/mol. The molecule has 0 radical (unpaired) electrons. The molecule has 3 aromatic carbocycles. The van der Waals surface area contributed by atoms with Crippen LogP contribution in [-0.4, -0.2) is 31.3 Å². The Balaban J connectivity index is 1.34. The predicted molar refractivity (Wildman–Crippen MR) is 122 cm³/mol. The lowest BCUT2D eigenvalue weighted by atomic mass is 9.98. The lowest BCUT2D eigenvalue weighted by molar-refractivity contribution is -0.384. The highest BCUT2D eigenvalue weighted by Crippen LogP contribution is 2.44. The number of carbonyl (C=O) groups excluding carboxylic acids is 1. The summed E-state index contributed by atoms with van der Waals surface area (Å²) in [6.45, 7) is 0.466. The van der Waals surface area contributed by atoms with Gasteiger partial charge in [0.1, 0.15) is 12.4 Å². The van der Waals surface area contributed by atoms with Crippen molar-refractivity contribution in [1.29, 1.82) is 0 Å². The molecule has 0 fully saturated rings. The van der Waals surface area contributed by atoms with Crippen LogP contribution in [0.2, 0.25) is 0 Å². The molecule has 0 saturated heterocycles. The summed E-state index contributed by atoms with van der Waals surface area (Å²) in [4.78, 5) is 22.8. The van der Waals surface area contributed by atoms with Crippen molar-refractivity contribution < 1.29 is 19.2 Å². The number of rotatable bonds is 7. The molecule has 0 saturated carbocycles. The summed E-state index contributed by atoms with van der Waals surface area (Å²) in [5, 5.41) is 13.7. The van der Waals surface area contributed by atoms with E-state index in [0.29, 0.717) is 11.3 Å². The van der Waals surface area contributed by atoms with Crippen LogP contribution in [0.3, 0.4) is 0 Å². The first-order valence-electron chi connectivity index (χ1n) is 10.2. The van der Waals surface area contributed by atoms with Gasteiger partial charge < -0.3 is 14.8 Å². The number of ether oxygens (including phenoxy) is 2. The smallest absolute Gasteiger partial charge is 0.407 e. The summed E-state index contributed by atoms with van der Waals surface area (Å²) in [7, 11) is 1.45. The third-order valence-corrected chi connectivity index (χ3v) is 5.38. The second-order valence-corrected chi connectivity index (χ2v) is 7.33. The van der Waals surface area contributed by atoms with Gasteiger partial charge in [-0.1, -0.05) is 60.7 Å². The number of hydrogen-bond donors (Lipinski definition) is 1. The van der Waals surface area contributed by atoms with Gasteiger partial charge in [0.05, 0.1) is 18.1 Å². The molecule has 1 aliphatic rings. The van der Waals surface area contributed by atoms with Crippen molar-refractivity contribution in [2.75, 3.05) is 20.3 Å². The number of non-ortho nitro benzene ring substituents is 1. The van der Waals surface area contributed by atoms with Gasteiger partial charge in [0.15, 0.2) is 0 Å². The first kappa shape index (κ1) is 21.1. The zero-order valence-electron chi connectivity index (χ0n) is 17.5. The average Bonchev–Trinajstić information content (AvgIpc) is 3.14. The van der Waals surface area contributed by atoms with E-state index in [1.165, 1.54) is 30.4 Å². The molecule has 162 valence electrons. The van der Waals surface area contributed by atoms with Crippen molar-refractivity contribution in [1.82, 2.24) is 5.32 Å². The molecule has 32 heavy (non-hydrogen) atoms. The molecule has 4 rings (SSSR count). The van der Waals surface area contributed by atoms with Gasteiger partial charge in [-0.15, -0.1) is 0 Å². The maximum Gasteiger partial charge on any atom is 0.407 e. The summed E-state index contributed by atoms with van der Waals surface area (Å²) in [6, 6.07) is 20.8. The first-order chi connectivity index (χ1) is 15.6. The Kier molecular flexibility index (Phi) is 6.17. The molecule has 0 aliphatic heterocycles. The Bertz CT molecular complexity index is 1140. The van der Waals surface area contributed by atoms with E-state index in [2.05, 4.69) is 29.6 Å². The van der Waals surface area contributed by atoms with E-state index in [1.54, 1.807) is 18.2 Å². The maximum atomic E-state index is 12.2. The van der Waals surface area contributed by atoms with E-state index >= 15 is 0 Å². The van der Waals surface area contributed by atoms with E-state index in [-0.39, 0.29) is 24.8 Å². The van der Waals surface area contributed by atoms with E-state index in [1.807, 2.05) is 24.3 Å². The molecule has 0 atom stereocenters. The van der Waals surface area contributed by atoms with Gasteiger partial charge in [0.25, 0.3) is 5.69 Å². The minimum atomic E-state index is -0.520. The monoisotopic (exact) mass is 430 g/mol. The van der Waals surface area contributed by atoms with Crippen LogP contribution in [-0.2, 0) is 4.74 Å². The molecule has 3 aromatic rings. The standard InChI is InChI=1S/C25H22N2O5/c1-31-19-14-17(13-18(15-19)27(29)30)7-6-12-26-25(28)32-16-24-22-10-4-2-8-20(22)21-9-3-5-11-23(21)24/h2-11,13-15,24H,12,16H2,1H3,(H,26,28). The van der Waals surface area contributed by atoms with Gasteiger partial charge in [-0.2, -0.15) is 0 Å².